The van der Waals surface area contributed by atoms with Crippen LogP contribution >= 0.6 is 0 Å². The zero-order valence-corrected chi connectivity index (χ0v) is 8.41. The van der Waals surface area contributed by atoms with Crippen molar-refractivity contribution in [3.63, 3.8) is 0 Å². The lowest BCUT2D eigenvalue weighted by atomic mass is 10.2. The van der Waals surface area contributed by atoms with Gasteiger partial charge in [0.25, 0.3) is 0 Å². The Labute approximate surface area is 87.7 Å². The first-order chi connectivity index (χ1) is 7.25. The molecule has 1 N–H and O–H groups in total. The average molecular weight is 205 g/mol. The molecule has 3 heteroatoms. The molecular weight excluding hydrogens is 193 g/mol. The molecule has 1 aromatic carbocycles. The molecule has 78 valence electrons. The molecule has 2 rings (SSSR count). The van der Waals surface area contributed by atoms with Crippen LogP contribution in [-0.2, 0) is 0 Å². The molecule has 15 heavy (non-hydrogen) atoms. The van der Waals surface area contributed by atoms with Crippen molar-refractivity contribution in [1.82, 2.24) is 0 Å². The van der Waals surface area contributed by atoms with Crippen LogP contribution in [0.25, 0.3) is 0 Å². The molecule has 2 aromatic rings. The minimum Gasteiger partial charge on any atom is -0.467 e. The van der Waals surface area contributed by atoms with Gasteiger partial charge in [-0.15, -0.1) is 0 Å². The zero-order valence-electron chi connectivity index (χ0n) is 8.41. The largest absolute Gasteiger partial charge is 0.467 e. The molecule has 0 aliphatic carbocycles. The Morgan fingerprint density at radius 3 is 2.53 bits per heavy atom. The van der Waals surface area contributed by atoms with Gasteiger partial charge in [-0.2, -0.15) is 0 Å². The van der Waals surface area contributed by atoms with Gasteiger partial charge in [-0.25, -0.2) is 4.39 Å². The van der Waals surface area contributed by atoms with E-state index in [1.54, 1.807) is 18.4 Å². The highest BCUT2D eigenvalue weighted by Crippen LogP contribution is 2.19. The predicted octanol–water partition coefficient (Wildman–Crippen LogP) is 3.59. The van der Waals surface area contributed by atoms with Crippen molar-refractivity contribution >= 4 is 5.69 Å². The minimum atomic E-state index is -0.230. The van der Waals surface area contributed by atoms with E-state index in [0.29, 0.717) is 0 Å². The first-order valence-electron chi connectivity index (χ1n) is 4.81. The van der Waals surface area contributed by atoms with Crippen LogP contribution in [0, 0.1) is 5.82 Å². The lowest BCUT2D eigenvalue weighted by molar-refractivity contribution is 0.490. The Balaban J connectivity index is 2.06. The SMILES string of the molecule is C[C@H](Nc1ccc(F)cc1)c1ccco1. The summed E-state index contributed by atoms with van der Waals surface area (Å²) >= 11 is 0. The third-order valence-corrected chi connectivity index (χ3v) is 2.20. The summed E-state index contributed by atoms with van der Waals surface area (Å²) < 4.78 is 17.9. The van der Waals surface area contributed by atoms with Crippen molar-refractivity contribution in [3.8, 4) is 0 Å². The van der Waals surface area contributed by atoms with Gasteiger partial charge in [-0.05, 0) is 43.3 Å². The van der Waals surface area contributed by atoms with Crippen molar-refractivity contribution < 1.29 is 8.81 Å². The van der Waals surface area contributed by atoms with Crippen LogP contribution in [0.4, 0.5) is 10.1 Å². The number of nitrogens with one attached hydrogen (secondary N) is 1. The maximum atomic E-state index is 12.7. The summed E-state index contributed by atoms with van der Waals surface area (Å²) in [5.74, 6) is 0.630. The van der Waals surface area contributed by atoms with Crippen LogP contribution in [-0.4, -0.2) is 0 Å². The third-order valence-electron chi connectivity index (χ3n) is 2.20. The van der Waals surface area contributed by atoms with E-state index in [4.69, 9.17) is 4.42 Å². The number of benzene rings is 1. The molecule has 0 saturated heterocycles. The molecule has 0 fully saturated rings. The van der Waals surface area contributed by atoms with E-state index < -0.39 is 0 Å². The quantitative estimate of drug-likeness (QED) is 0.828. The molecule has 0 spiro atoms. The fourth-order valence-corrected chi connectivity index (χ4v) is 1.40. The van der Waals surface area contributed by atoms with Gasteiger partial charge in [-0.3, -0.25) is 0 Å². The summed E-state index contributed by atoms with van der Waals surface area (Å²) in [7, 11) is 0. The Kier molecular flexibility index (Phi) is 2.72. The van der Waals surface area contributed by atoms with Crippen LogP contribution in [0.3, 0.4) is 0 Å². The zero-order chi connectivity index (χ0) is 10.7. The highest BCUT2D eigenvalue weighted by atomic mass is 19.1. The number of rotatable bonds is 3. The Hall–Kier alpha value is -1.77. The first kappa shape index (κ1) is 9.77. The minimum absolute atomic E-state index is 0.0745. The molecule has 1 aromatic heterocycles. The fourth-order valence-electron chi connectivity index (χ4n) is 1.40. The summed E-state index contributed by atoms with van der Waals surface area (Å²) in [5.41, 5.74) is 0.875. The smallest absolute Gasteiger partial charge is 0.125 e. The molecule has 0 unspecified atom stereocenters. The van der Waals surface area contributed by atoms with E-state index in [-0.39, 0.29) is 11.9 Å². The van der Waals surface area contributed by atoms with Gasteiger partial charge >= 0.3 is 0 Å². The van der Waals surface area contributed by atoms with E-state index in [9.17, 15) is 4.39 Å². The number of anilines is 1. The molecular formula is C12H12FNO. The number of hydrogen-bond acceptors (Lipinski definition) is 2. The normalized spacial score (nSPS) is 12.4. The average Bonchev–Trinajstić information content (AvgIpc) is 2.74. The van der Waals surface area contributed by atoms with E-state index >= 15 is 0 Å². The van der Waals surface area contributed by atoms with E-state index in [1.807, 2.05) is 19.1 Å². The van der Waals surface area contributed by atoms with E-state index in [2.05, 4.69) is 5.32 Å². The van der Waals surface area contributed by atoms with Gasteiger partial charge in [-0.1, -0.05) is 0 Å². The van der Waals surface area contributed by atoms with Gasteiger partial charge in [0.2, 0.25) is 0 Å². The highest BCUT2D eigenvalue weighted by molar-refractivity contribution is 5.44. The molecule has 0 radical (unpaired) electrons. The van der Waals surface area contributed by atoms with Crippen molar-refractivity contribution in [2.75, 3.05) is 5.32 Å². The second-order valence-electron chi connectivity index (χ2n) is 3.39. The van der Waals surface area contributed by atoms with Gasteiger partial charge in [0.15, 0.2) is 0 Å². The number of furan rings is 1. The van der Waals surface area contributed by atoms with E-state index in [0.717, 1.165) is 11.4 Å². The summed E-state index contributed by atoms with van der Waals surface area (Å²) in [6.07, 6.45) is 1.64. The maximum absolute atomic E-state index is 12.7. The molecule has 1 heterocycles. The van der Waals surface area contributed by atoms with Crippen LogP contribution in [0.1, 0.15) is 18.7 Å². The van der Waals surface area contributed by atoms with Crippen LogP contribution in [0.5, 0.6) is 0 Å². The molecule has 0 aliphatic heterocycles. The Morgan fingerprint density at radius 2 is 1.93 bits per heavy atom. The molecule has 0 aliphatic rings. The molecule has 0 bridgehead atoms. The van der Waals surface area contributed by atoms with Crippen molar-refractivity contribution in [1.29, 1.82) is 0 Å². The third kappa shape index (κ3) is 2.37. The van der Waals surface area contributed by atoms with Gasteiger partial charge in [0, 0.05) is 5.69 Å². The molecule has 0 amide bonds. The Bertz CT molecular complexity index is 408. The summed E-state index contributed by atoms with van der Waals surface area (Å²) in [4.78, 5) is 0. The fraction of sp³-hybridized carbons (Fsp3) is 0.167. The first-order valence-corrected chi connectivity index (χ1v) is 4.81. The van der Waals surface area contributed by atoms with Crippen molar-refractivity contribution in [2.45, 2.75) is 13.0 Å². The molecule has 2 nitrogen and oxygen atoms in total. The molecule has 0 saturated carbocycles. The maximum Gasteiger partial charge on any atom is 0.125 e. The van der Waals surface area contributed by atoms with Gasteiger partial charge in [0.05, 0.1) is 12.3 Å². The second-order valence-corrected chi connectivity index (χ2v) is 3.39. The van der Waals surface area contributed by atoms with Crippen LogP contribution < -0.4 is 5.32 Å². The Morgan fingerprint density at radius 1 is 1.20 bits per heavy atom. The topological polar surface area (TPSA) is 25.2 Å². The lowest BCUT2D eigenvalue weighted by Gasteiger charge is -2.12. The van der Waals surface area contributed by atoms with Gasteiger partial charge in [0.1, 0.15) is 11.6 Å². The van der Waals surface area contributed by atoms with E-state index in [1.165, 1.54) is 12.1 Å². The number of hydrogen-bond donors (Lipinski definition) is 1. The predicted molar refractivity (Wildman–Crippen MR) is 57.1 cm³/mol. The standard InChI is InChI=1S/C12H12FNO/c1-9(12-3-2-8-15-12)14-11-6-4-10(13)5-7-11/h2-9,14H,1H3/t9-/m0/s1. The van der Waals surface area contributed by atoms with Gasteiger partial charge < -0.3 is 9.73 Å². The van der Waals surface area contributed by atoms with Crippen molar-refractivity contribution in [3.05, 3.63) is 54.2 Å². The van der Waals surface area contributed by atoms with Crippen LogP contribution in [0.15, 0.2) is 47.1 Å². The summed E-state index contributed by atoms with van der Waals surface area (Å²) in [6.45, 7) is 1.99. The van der Waals surface area contributed by atoms with Crippen molar-refractivity contribution in [2.24, 2.45) is 0 Å². The lowest BCUT2D eigenvalue weighted by Crippen LogP contribution is -2.05. The number of halogens is 1. The summed E-state index contributed by atoms with van der Waals surface area (Å²) in [6, 6.07) is 10.1. The highest BCUT2D eigenvalue weighted by Gasteiger charge is 2.07. The second kappa shape index (κ2) is 4.17. The van der Waals surface area contributed by atoms with Crippen LogP contribution in [0.2, 0.25) is 0 Å². The monoisotopic (exact) mass is 205 g/mol. The molecule has 1 atom stereocenters. The summed E-state index contributed by atoms with van der Waals surface area (Å²) in [5, 5.41) is 3.21.